The first-order chi connectivity index (χ1) is 9.67. The van der Waals surface area contributed by atoms with E-state index in [9.17, 15) is 9.18 Å². The smallest absolute Gasteiger partial charge is 0.258 e. The minimum Gasteiger partial charge on any atom is -0.484 e. The van der Waals surface area contributed by atoms with Crippen molar-refractivity contribution in [2.24, 2.45) is 0 Å². The Kier molecular flexibility index (Phi) is 5.35. The van der Waals surface area contributed by atoms with Gasteiger partial charge in [0.25, 0.3) is 5.91 Å². The van der Waals surface area contributed by atoms with Gasteiger partial charge in [-0.15, -0.1) is 0 Å². The number of halogens is 1. The van der Waals surface area contributed by atoms with Gasteiger partial charge in [0.2, 0.25) is 0 Å². The molecular formula is C15H21FN2O2. The summed E-state index contributed by atoms with van der Waals surface area (Å²) in [6.07, 6.45) is 1.96. The monoisotopic (exact) mass is 280 g/mol. The van der Waals surface area contributed by atoms with E-state index in [-0.39, 0.29) is 24.4 Å². The van der Waals surface area contributed by atoms with Gasteiger partial charge >= 0.3 is 0 Å². The molecule has 1 aromatic carbocycles. The Labute approximate surface area is 118 Å². The largest absolute Gasteiger partial charge is 0.484 e. The molecular weight excluding hydrogens is 259 g/mol. The SMILES string of the molecule is CCN1CCC(NC(=O)COc2ccc(F)cc2)CC1. The van der Waals surface area contributed by atoms with Crippen molar-refractivity contribution in [2.75, 3.05) is 26.2 Å². The molecule has 0 aromatic heterocycles. The second-order valence-corrected chi connectivity index (χ2v) is 5.02. The fraction of sp³-hybridized carbons (Fsp3) is 0.533. The van der Waals surface area contributed by atoms with Crippen LogP contribution in [-0.2, 0) is 4.79 Å². The summed E-state index contributed by atoms with van der Waals surface area (Å²) in [5, 5.41) is 2.98. The topological polar surface area (TPSA) is 41.6 Å². The standard InChI is InChI=1S/C15H21FN2O2/c1-2-18-9-7-13(8-10-18)17-15(19)11-20-14-5-3-12(16)4-6-14/h3-6,13H,2,7-11H2,1H3,(H,17,19). The van der Waals surface area contributed by atoms with Crippen LogP contribution in [0.3, 0.4) is 0 Å². The normalized spacial score (nSPS) is 16.9. The average molecular weight is 280 g/mol. The molecule has 4 nitrogen and oxygen atoms in total. The predicted octanol–water partition coefficient (Wildman–Crippen LogP) is 1.80. The summed E-state index contributed by atoms with van der Waals surface area (Å²) < 4.78 is 18.0. The summed E-state index contributed by atoms with van der Waals surface area (Å²) in [4.78, 5) is 14.2. The molecule has 0 saturated carbocycles. The number of amides is 1. The molecule has 1 amide bonds. The average Bonchev–Trinajstić information content (AvgIpc) is 2.47. The van der Waals surface area contributed by atoms with Crippen LogP contribution in [0.5, 0.6) is 5.75 Å². The van der Waals surface area contributed by atoms with Crippen molar-refractivity contribution in [1.29, 1.82) is 0 Å². The number of benzene rings is 1. The van der Waals surface area contributed by atoms with Crippen LogP contribution >= 0.6 is 0 Å². The lowest BCUT2D eigenvalue weighted by Gasteiger charge is -2.31. The second kappa shape index (κ2) is 7.24. The van der Waals surface area contributed by atoms with Gasteiger partial charge in [0.15, 0.2) is 6.61 Å². The number of hydrogen-bond acceptors (Lipinski definition) is 3. The molecule has 0 aliphatic carbocycles. The molecule has 0 radical (unpaired) electrons. The summed E-state index contributed by atoms with van der Waals surface area (Å²) in [5.74, 6) is 0.0658. The Morgan fingerprint density at radius 1 is 1.35 bits per heavy atom. The van der Waals surface area contributed by atoms with E-state index in [0.717, 1.165) is 32.5 Å². The fourth-order valence-corrected chi connectivity index (χ4v) is 2.34. The quantitative estimate of drug-likeness (QED) is 0.894. The molecule has 5 heteroatoms. The van der Waals surface area contributed by atoms with Crippen molar-refractivity contribution < 1.29 is 13.9 Å². The molecule has 1 N–H and O–H groups in total. The molecule has 0 bridgehead atoms. The van der Waals surface area contributed by atoms with Gasteiger partial charge in [-0.05, 0) is 43.7 Å². The van der Waals surface area contributed by atoms with Crippen LogP contribution in [-0.4, -0.2) is 43.1 Å². The zero-order valence-electron chi connectivity index (χ0n) is 11.8. The summed E-state index contributed by atoms with van der Waals surface area (Å²) in [7, 11) is 0. The lowest BCUT2D eigenvalue weighted by atomic mass is 10.1. The zero-order valence-corrected chi connectivity index (χ0v) is 11.8. The van der Waals surface area contributed by atoms with Crippen LogP contribution in [0.25, 0.3) is 0 Å². The van der Waals surface area contributed by atoms with Gasteiger partial charge in [-0.1, -0.05) is 6.92 Å². The molecule has 1 aliphatic rings. The number of nitrogens with zero attached hydrogens (tertiary/aromatic N) is 1. The maximum atomic E-state index is 12.7. The third-order valence-electron chi connectivity index (χ3n) is 3.58. The first-order valence-corrected chi connectivity index (χ1v) is 7.07. The molecule has 20 heavy (non-hydrogen) atoms. The van der Waals surface area contributed by atoms with Crippen LogP contribution in [0.4, 0.5) is 4.39 Å². The van der Waals surface area contributed by atoms with Gasteiger partial charge in [0.1, 0.15) is 11.6 Å². The minimum atomic E-state index is -0.315. The molecule has 1 saturated heterocycles. The van der Waals surface area contributed by atoms with E-state index < -0.39 is 0 Å². The van der Waals surface area contributed by atoms with Gasteiger partial charge in [-0.2, -0.15) is 0 Å². The van der Waals surface area contributed by atoms with Crippen LogP contribution in [0.1, 0.15) is 19.8 Å². The van der Waals surface area contributed by atoms with E-state index in [4.69, 9.17) is 4.74 Å². The molecule has 1 aromatic rings. The van der Waals surface area contributed by atoms with E-state index in [1.165, 1.54) is 24.3 Å². The fourth-order valence-electron chi connectivity index (χ4n) is 2.34. The van der Waals surface area contributed by atoms with Crippen LogP contribution in [0, 0.1) is 5.82 Å². The third-order valence-corrected chi connectivity index (χ3v) is 3.58. The maximum absolute atomic E-state index is 12.7. The van der Waals surface area contributed by atoms with E-state index in [1.807, 2.05) is 0 Å². The number of likely N-dealkylation sites (tertiary alicyclic amines) is 1. The Balaban J connectivity index is 1.69. The zero-order chi connectivity index (χ0) is 14.4. The molecule has 0 unspecified atom stereocenters. The number of rotatable bonds is 5. The maximum Gasteiger partial charge on any atom is 0.258 e. The number of nitrogens with one attached hydrogen (secondary N) is 1. The van der Waals surface area contributed by atoms with Gasteiger partial charge in [0.05, 0.1) is 0 Å². The van der Waals surface area contributed by atoms with E-state index in [2.05, 4.69) is 17.1 Å². The molecule has 1 heterocycles. The Bertz CT molecular complexity index is 428. The Hall–Kier alpha value is -1.62. The van der Waals surface area contributed by atoms with Gasteiger partial charge in [0, 0.05) is 19.1 Å². The second-order valence-electron chi connectivity index (χ2n) is 5.02. The van der Waals surface area contributed by atoms with E-state index in [1.54, 1.807) is 0 Å². The van der Waals surface area contributed by atoms with Crippen molar-refractivity contribution in [3.05, 3.63) is 30.1 Å². The van der Waals surface area contributed by atoms with Crippen LogP contribution < -0.4 is 10.1 Å². The molecule has 110 valence electrons. The molecule has 1 aliphatic heterocycles. The number of carbonyl (C=O) groups is 1. The van der Waals surface area contributed by atoms with Crippen molar-refractivity contribution in [3.8, 4) is 5.75 Å². The van der Waals surface area contributed by atoms with Gasteiger partial charge in [-0.3, -0.25) is 4.79 Å². The minimum absolute atomic E-state index is 0.0282. The number of carbonyl (C=O) groups excluding carboxylic acids is 1. The van der Waals surface area contributed by atoms with Crippen molar-refractivity contribution >= 4 is 5.91 Å². The summed E-state index contributed by atoms with van der Waals surface area (Å²) in [6.45, 7) is 5.24. The lowest BCUT2D eigenvalue weighted by molar-refractivity contribution is -0.124. The molecule has 2 rings (SSSR count). The van der Waals surface area contributed by atoms with Crippen molar-refractivity contribution in [2.45, 2.75) is 25.8 Å². The molecule has 0 spiro atoms. The number of ether oxygens (including phenoxy) is 1. The summed E-state index contributed by atoms with van der Waals surface area (Å²) >= 11 is 0. The highest BCUT2D eigenvalue weighted by atomic mass is 19.1. The summed E-state index contributed by atoms with van der Waals surface area (Å²) in [6, 6.07) is 5.90. The van der Waals surface area contributed by atoms with Crippen LogP contribution in [0.2, 0.25) is 0 Å². The summed E-state index contributed by atoms with van der Waals surface area (Å²) in [5.41, 5.74) is 0. The predicted molar refractivity (Wildman–Crippen MR) is 75.2 cm³/mol. The highest BCUT2D eigenvalue weighted by Crippen LogP contribution is 2.12. The van der Waals surface area contributed by atoms with E-state index in [0.29, 0.717) is 5.75 Å². The highest BCUT2D eigenvalue weighted by molar-refractivity contribution is 5.77. The molecule has 1 fully saturated rings. The number of piperidine rings is 1. The first-order valence-electron chi connectivity index (χ1n) is 7.07. The van der Waals surface area contributed by atoms with Crippen LogP contribution in [0.15, 0.2) is 24.3 Å². The Morgan fingerprint density at radius 3 is 2.60 bits per heavy atom. The third kappa shape index (κ3) is 4.49. The highest BCUT2D eigenvalue weighted by Gasteiger charge is 2.19. The van der Waals surface area contributed by atoms with Gasteiger partial charge < -0.3 is 15.0 Å². The lowest BCUT2D eigenvalue weighted by Crippen LogP contribution is -2.45. The van der Waals surface area contributed by atoms with E-state index >= 15 is 0 Å². The molecule has 0 atom stereocenters. The Morgan fingerprint density at radius 2 is 2.00 bits per heavy atom. The van der Waals surface area contributed by atoms with Gasteiger partial charge in [-0.25, -0.2) is 4.39 Å². The first kappa shape index (κ1) is 14.8. The number of hydrogen-bond donors (Lipinski definition) is 1. The van der Waals surface area contributed by atoms with Crippen molar-refractivity contribution in [3.63, 3.8) is 0 Å². The van der Waals surface area contributed by atoms with Crippen molar-refractivity contribution in [1.82, 2.24) is 10.2 Å².